The average Bonchev–Trinajstić information content (AvgIpc) is 3.14. The molecule has 0 aromatic heterocycles. The highest BCUT2D eigenvalue weighted by atomic mass is 16.5. The smallest absolute Gasteiger partial charge is 0.300 e. The fourth-order valence-corrected chi connectivity index (χ4v) is 4.04. The first-order chi connectivity index (χ1) is 16.8. The number of rotatable bonds is 6. The zero-order valence-electron chi connectivity index (χ0n) is 19.6. The highest BCUT2D eigenvalue weighted by Gasteiger charge is 2.47. The second-order valence-electron chi connectivity index (χ2n) is 8.30. The van der Waals surface area contributed by atoms with Crippen molar-refractivity contribution in [2.75, 3.05) is 12.0 Å². The summed E-state index contributed by atoms with van der Waals surface area (Å²) in [5, 5.41) is 20.4. The van der Waals surface area contributed by atoms with Crippen LogP contribution in [0.3, 0.4) is 0 Å². The molecule has 1 aliphatic heterocycles. The number of aliphatic hydroxyl groups is 1. The lowest BCUT2D eigenvalue weighted by Crippen LogP contribution is -2.29. The van der Waals surface area contributed by atoms with Crippen LogP contribution < -0.4 is 14.4 Å². The summed E-state index contributed by atoms with van der Waals surface area (Å²) < 4.78 is 11.0. The van der Waals surface area contributed by atoms with Gasteiger partial charge in [-0.05, 0) is 80.1 Å². The first-order valence-electron chi connectivity index (χ1n) is 11.1. The summed E-state index contributed by atoms with van der Waals surface area (Å²) in [6.07, 6.45) is -0.0137. The molecule has 35 heavy (non-hydrogen) atoms. The van der Waals surface area contributed by atoms with Gasteiger partial charge in [0.05, 0.1) is 36.5 Å². The average molecular weight is 469 g/mol. The predicted molar refractivity (Wildman–Crippen MR) is 131 cm³/mol. The minimum absolute atomic E-state index is 0.0137. The van der Waals surface area contributed by atoms with E-state index in [9.17, 15) is 14.7 Å². The summed E-state index contributed by atoms with van der Waals surface area (Å²) in [4.78, 5) is 27.8. The van der Waals surface area contributed by atoms with Crippen LogP contribution in [0, 0.1) is 11.3 Å². The second-order valence-corrected chi connectivity index (χ2v) is 8.30. The first-order valence-corrected chi connectivity index (χ1v) is 11.1. The van der Waals surface area contributed by atoms with Gasteiger partial charge in [0, 0.05) is 11.3 Å². The minimum Gasteiger partial charge on any atom is -0.507 e. The van der Waals surface area contributed by atoms with Crippen molar-refractivity contribution in [2.45, 2.75) is 26.0 Å². The Hall–Kier alpha value is -4.57. The summed E-state index contributed by atoms with van der Waals surface area (Å²) in [6.45, 7) is 3.82. The minimum atomic E-state index is -0.898. The molecule has 1 saturated heterocycles. The van der Waals surface area contributed by atoms with Gasteiger partial charge >= 0.3 is 0 Å². The molecule has 7 nitrogen and oxygen atoms in total. The fourth-order valence-electron chi connectivity index (χ4n) is 4.04. The lowest BCUT2D eigenvalue weighted by molar-refractivity contribution is -0.132. The van der Waals surface area contributed by atoms with Crippen LogP contribution in [0.4, 0.5) is 5.69 Å². The molecule has 7 heteroatoms. The molecular weight excluding hydrogens is 444 g/mol. The zero-order chi connectivity index (χ0) is 25.1. The quantitative estimate of drug-likeness (QED) is 0.311. The molecule has 0 radical (unpaired) electrons. The lowest BCUT2D eigenvalue weighted by Gasteiger charge is -2.25. The van der Waals surface area contributed by atoms with E-state index in [1.54, 1.807) is 72.8 Å². The maximum absolute atomic E-state index is 13.3. The predicted octanol–water partition coefficient (Wildman–Crippen LogP) is 4.98. The Balaban J connectivity index is 1.87. The molecule has 0 saturated carbocycles. The van der Waals surface area contributed by atoms with Crippen molar-refractivity contribution in [3.05, 3.63) is 95.1 Å². The molecule has 1 N–H and O–H groups in total. The summed E-state index contributed by atoms with van der Waals surface area (Å²) in [6, 6.07) is 21.2. The van der Waals surface area contributed by atoms with Gasteiger partial charge in [0.2, 0.25) is 0 Å². The van der Waals surface area contributed by atoms with Crippen molar-refractivity contribution in [3.8, 4) is 17.6 Å². The first kappa shape index (κ1) is 23.6. The fraction of sp³-hybridized carbons (Fsp3) is 0.179. The Kier molecular flexibility index (Phi) is 6.56. The number of ether oxygens (including phenoxy) is 2. The molecule has 3 aromatic carbocycles. The molecule has 0 spiro atoms. The van der Waals surface area contributed by atoms with E-state index >= 15 is 0 Å². The van der Waals surface area contributed by atoms with Crippen molar-refractivity contribution in [2.24, 2.45) is 0 Å². The number of hydrogen-bond donors (Lipinski definition) is 1. The van der Waals surface area contributed by atoms with Gasteiger partial charge < -0.3 is 14.6 Å². The highest BCUT2D eigenvalue weighted by Crippen LogP contribution is 2.43. The number of ketones is 1. The van der Waals surface area contributed by atoms with Crippen LogP contribution in [0.1, 0.15) is 36.6 Å². The second kappa shape index (κ2) is 9.74. The molecule has 3 aromatic rings. The molecule has 1 atom stereocenters. The van der Waals surface area contributed by atoms with Crippen LogP contribution in [-0.2, 0) is 9.59 Å². The number of anilines is 1. The van der Waals surface area contributed by atoms with Gasteiger partial charge in [0.15, 0.2) is 0 Å². The van der Waals surface area contributed by atoms with E-state index in [2.05, 4.69) is 0 Å². The lowest BCUT2D eigenvalue weighted by atomic mass is 9.95. The molecule has 1 fully saturated rings. The van der Waals surface area contributed by atoms with Crippen molar-refractivity contribution in [3.63, 3.8) is 0 Å². The van der Waals surface area contributed by atoms with Gasteiger partial charge in [0.1, 0.15) is 17.3 Å². The summed E-state index contributed by atoms with van der Waals surface area (Å²) in [5.41, 5.74) is 1.79. The number of amides is 1. The van der Waals surface area contributed by atoms with Gasteiger partial charge in [-0.3, -0.25) is 14.5 Å². The van der Waals surface area contributed by atoms with Crippen molar-refractivity contribution >= 4 is 23.1 Å². The Labute approximate surface area is 203 Å². The van der Waals surface area contributed by atoms with Crippen LogP contribution in [-0.4, -0.2) is 30.0 Å². The van der Waals surface area contributed by atoms with Crippen LogP contribution in [0.2, 0.25) is 0 Å². The Bertz CT molecular complexity index is 1340. The number of Topliss-reactive ketones (excluding diaryl/α,β-unsaturated/α-hetero) is 1. The number of hydrogen-bond acceptors (Lipinski definition) is 6. The van der Waals surface area contributed by atoms with Crippen molar-refractivity contribution < 1.29 is 24.2 Å². The van der Waals surface area contributed by atoms with Gasteiger partial charge in [-0.25, -0.2) is 0 Å². The SMILES string of the molecule is COc1cccc(C2/C(=C(/O)c3ccc(OC(C)C)cc3)C(=O)C(=O)N2c2ccc(C#N)cc2)c1. The number of nitriles is 1. The Morgan fingerprint density at radius 2 is 1.69 bits per heavy atom. The van der Waals surface area contributed by atoms with E-state index in [-0.39, 0.29) is 17.4 Å². The van der Waals surface area contributed by atoms with Gasteiger partial charge in [0.25, 0.3) is 11.7 Å². The van der Waals surface area contributed by atoms with Crippen LogP contribution in [0.5, 0.6) is 11.5 Å². The molecule has 0 aliphatic carbocycles. The molecule has 1 heterocycles. The number of aliphatic hydroxyl groups excluding tert-OH is 1. The standard InChI is InChI=1S/C28H24N2O5/c1-17(2)35-22-13-9-19(10-14-22)26(31)24-25(20-5-4-6-23(15-20)34-3)30(28(33)27(24)32)21-11-7-18(16-29)8-12-21/h4-15,17,25,31H,1-3H3/b26-24-. The van der Waals surface area contributed by atoms with Crippen LogP contribution in [0.15, 0.2) is 78.4 Å². The number of methoxy groups -OCH3 is 1. The topological polar surface area (TPSA) is 99.9 Å². The molecule has 1 aliphatic rings. The summed E-state index contributed by atoms with van der Waals surface area (Å²) >= 11 is 0. The van der Waals surface area contributed by atoms with Crippen LogP contribution in [0.25, 0.3) is 5.76 Å². The largest absolute Gasteiger partial charge is 0.507 e. The number of benzene rings is 3. The maximum Gasteiger partial charge on any atom is 0.300 e. The molecule has 176 valence electrons. The van der Waals surface area contributed by atoms with E-state index in [0.717, 1.165) is 0 Å². The summed E-state index contributed by atoms with van der Waals surface area (Å²) in [7, 11) is 1.53. The molecule has 1 amide bonds. The highest BCUT2D eigenvalue weighted by molar-refractivity contribution is 6.51. The number of carbonyl (C=O) groups excluding carboxylic acids is 2. The summed E-state index contributed by atoms with van der Waals surface area (Å²) in [5.74, 6) is -0.698. The van der Waals surface area contributed by atoms with Gasteiger partial charge in [-0.15, -0.1) is 0 Å². The van der Waals surface area contributed by atoms with E-state index in [4.69, 9.17) is 14.7 Å². The van der Waals surface area contributed by atoms with E-state index in [1.807, 2.05) is 19.9 Å². The van der Waals surface area contributed by atoms with Gasteiger partial charge in [-0.2, -0.15) is 5.26 Å². The molecule has 1 unspecified atom stereocenters. The van der Waals surface area contributed by atoms with Crippen molar-refractivity contribution in [1.82, 2.24) is 0 Å². The molecule has 4 rings (SSSR count). The van der Waals surface area contributed by atoms with E-state index in [1.165, 1.54) is 12.0 Å². The van der Waals surface area contributed by atoms with E-state index in [0.29, 0.717) is 33.9 Å². The third kappa shape index (κ3) is 4.59. The molecule has 0 bridgehead atoms. The van der Waals surface area contributed by atoms with Crippen LogP contribution >= 0.6 is 0 Å². The third-order valence-electron chi connectivity index (χ3n) is 5.63. The number of carbonyl (C=O) groups is 2. The van der Waals surface area contributed by atoms with Crippen molar-refractivity contribution in [1.29, 1.82) is 5.26 Å². The zero-order valence-corrected chi connectivity index (χ0v) is 19.6. The Morgan fingerprint density at radius 3 is 2.29 bits per heavy atom. The molecular formula is C28H24N2O5. The van der Waals surface area contributed by atoms with E-state index < -0.39 is 17.7 Å². The monoisotopic (exact) mass is 468 g/mol. The normalized spacial score (nSPS) is 16.9. The third-order valence-corrected chi connectivity index (χ3v) is 5.63. The Morgan fingerprint density at radius 1 is 1.00 bits per heavy atom. The number of nitrogens with zero attached hydrogens (tertiary/aromatic N) is 2. The maximum atomic E-state index is 13.3. The van der Waals surface area contributed by atoms with Gasteiger partial charge in [-0.1, -0.05) is 12.1 Å².